The molecule has 6 nitrogen and oxygen atoms in total. The molecule has 0 bridgehead atoms. The third-order valence-electron chi connectivity index (χ3n) is 4.70. The molecule has 0 spiro atoms. The van der Waals surface area contributed by atoms with Gasteiger partial charge in [-0.15, -0.1) is 0 Å². The summed E-state index contributed by atoms with van der Waals surface area (Å²) in [6, 6.07) is 7.91. The molecular formula is C18H27N3O3. The van der Waals surface area contributed by atoms with Crippen molar-refractivity contribution in [2.45, 2.75) is 51.6 Å². The van der Waals surface area contributed by atoms with Gasteiger partial charge in [-0.2, -0.15) is 0 Å². The first-order chi connectivity index (χ1) is 11.4. The van der Waals surface area contributed by atoms with Gasteiger partial charge in [-0.1, -0.05) is 6.07 Å². The molecule has 0 radical (unpaired) electrons. The van der Waals surface area contributed by atoms with Crippen LogP contribution in [0.1, 0.15) is 39.5 Å². The molecule has 1 saturated carbocycles. The highest BCUT2D eigenvalue weighted by atomic mass is 16.4. The number of urea groups is 1. The number of carbonyl (C=O) groups is 2. The van der Waals surface area contributed by atoms with E-state index in [4.69, 9.17) is 5.11 Å². The summed E-state index contributed by atoms with van der Waals surface area (Å²) in [5.74, 6) is -1.00. The molecule has 2 amide bonds. The molecule has 0 aromatic heterocycles. The summed E-state index contributed by atoms with van der Waals surface area (Å²) in [7, 11) is 2.02. The minimum atomic E-state index is -0.732. The van der Waals surface area contributed by atoms with Crippen molar-refractivity contribution in [3.8, 4) is 0 Å². The van der Waals surface area contributed by atoms with Gasteiger partial charge in [0.05, 0.1) is 5.92 Å². The Kier molecular flexibility index (Phi) is 6.06. The van der Waals surface area contributed by atoms with Crippen LogP contribution in [0.25, 0.3) is 0 Å². The van der Waals surface area contributed by atoms with Gasteiger partial charge in [0.1, 0.15) is 0 Å². The van der Waals surface area contributed by atoms with Crippen molar-refractivity contribution in [1.82, 2.24) is 5.32 Å². The Balaban J connectivity index is 1.87. The SMILES string of the molecule is CC(C)N(C)c1cccc(NC(=O)NC2CCC(C(=O)O)CC2)c1. The molecule has 132 valence electrons. The first-order valence-electron chi connectivity index (χ1n) is 8.50. The van der Waals surface area contributed by atoms with Crippen LogP contribution in [0.3, 0.4) is 0 Å². The van der Waals surface area contributed by atoms with E-state index in [2.05, 4.69) is 29.4 Å². The molecule has 6 heteroatoms. The van der Waals surface area contributed by atoms with E-state index in [-0.39, 0.29) is 18.0 Å². The predicted molar refractivity (Wildman–Crippen MR) is 95.5 cm³/mol. The van der Waals surface area contributed by atoms with Crippen molar-refractivity contribution in [3.05, 3.63) is 24.3 Å². The molecule has 0 aliphatic heterocycles. The summed E-state index contributed by atoms with van der Waals surface area (Å²) in [5, 5.41) is 14.8. The van der Waals surface area contributed by atoms with Crippen molar-refractivity contribution in [1.29, 1.82) is 0 Å². The van der Waals surface area contributed by atoms with Crippen LogP contribution >= 0.6 is 0 Å². The minimum Gasteiger partial charge on any atom is -0.481 e. The number of carbonyl (C=O) groups excluding carboxylic acids is 1. The number of rotatable bonds is 5. The van der Waals surface area contributed by atoms with Crippen molar-refractivity contribution in [3.63, 3.8) is 0 Å². The Labute approximate surface area is 143 Å². The average Bonchev–Trinajstić information content (AvgIpc) is 2.54. The van der Waals surface area contributed by atoms with Crippen molar-refractivity contribution in [2.24, 2.45) is 5.92 Å². The lowest BCUT2D eigenvalue weighted by Crippen LogP contribution is -2.41. The predicted octanol–water partition coefficient (Wildman–Crippen LogP) is 3.30. The number of nitrogens with one attached hydrogen (secondary N) is 2. The largest absolute Gasteiger partial charge is 0.481 e. The number of anilines is 2. The molecule has 1 aliphatic carbocycles. The quantitative estimate of drug-likeness (QED) is 0.772. The van der Waals surface area contributed by atoms with E-state index in [1.807, 2.05) is 31.3 Å². The van der Waals surface area contributed by atoms with E-state index in [1.165, 1.54) is 0 Å². The van der Waals surface area contributed by atoms with Crippen LogP contribution in [-0.4, -0.2) is 36.2 Å². The van der Waals surface area contributed by atoms with Gasteiger partial charge in [0.2, 0.25) is 0 Å². The lowest BCUT2D eigenvalue weighted by Gasteiger charge is -2.27. The Bertz CT molecular complexity index is 581. The molecule has 1 aromatic carbocycles. The molecule has 0 heterocycles. The topological polar surface area (TPSA) is 81.7 Å². The van der Waals surface area contributed by atoms with Gasteiger partial charge < -0.3 is 20.6 Å². The minimum absolute atomic E-state index is 0.0436. The molecule has 24 heavy (non-hydrogen) atoms. The maximum atomic E-state index is 12.2. The molecule has 1 aromatic rings. The molecule has 3 N–H and O–H groups in total. The normalized spacial score (nSPS) is 20.5. The first kappa shape index (κ1) is 18.1. The standard InChI is InChI=1S/C18H27N3O3/c1-12(2)21(3)16-6-4-5-15(11-16)20-18(24)19-14-9-7-13(8-10-14)17(22)23/h4-6,11-14H,7-10H2,1-3H3,(H,22,23)(H2,19,20,24). The molecule has 2 rings (SSSR count). The second kappa shape index (κ2) is 8.04. The van der Waals surface area contributed by atoms with E-state index in [0.717, 1.165) is 11.4 Å². The van der Waals surface area contributed by atoms with Crippen LogP contribution in [0.15, 0.2) is 24.3 Å². The third kappa shape index (κ3) is 4.88. The zero-order chi connectivity index (χ0) is 17.7. The van der Waals surface area contributed by atoms with Crippen LogP contribution < -0.4 is 15.5 Å². The fourth-order valence-electron chi connectivity index (χ4n) is 2.94. The number of nitrogens with zero attached hydrogens (tertiary/aromatic N) is 1. The molecule has 0 unspecified atom stereocenters. The van der Waals surface area contributed by atoms with Crippen LogP contribution in [0.4, 0.5) is 16.2 Å². The highest BCUT2D eigenvalue weighted by Crippen LogP contribution is 2.25. The van der Waals surface area contributed by atoms with E-state index in [9.17, 15) is 9.59 Å². The lowest BCUT2D eigenvalue weighted by atomic mass is 9.86. The van der Waals surface area contributed by atoms with E-state index in [1.54, 1.807) is 0 Å². The van der Waals surface area contributed by atoms with Gasteiger partial charge in [-0.3, -0.25) is 4.79 Å². The van der Waals surface area contributed by atoms with E-state index in [0.29, 0.717) is 31.7 Å². The summed E-state index contributed by atoms with van der Waals surface area (Å²) in [5.41, 5.74) is 1.79. The Hall–Kier alpha value is -2.24. The third-order valence-corrected chi connectivity index (χ3v) is 4.70. The van der Waals surface area contributed by atoms with E-state index < -0.39 is 5.97 Å². The monoisotopic (exact) mass is 333 g/mol. The fraction of sp³-hybridized carbons (Fsp3) is 0.556. The smallest absolute Gasteiger partial charge is 0.319 e. The second-order valence-electron chi connectivity index (χ2n) is 6.74. The molecule has 1 fully saturated rings. The zero-order valence-electron chi connectivity index (χ0n) is 14.6. The molecule has 0 saturated heterocycles. The average molecular weight is 333 g/mol. The van der Waals surface area contributed by atoms with Crippen LogP contribution in [0.2, 0.25) is 0 Å². The number of benzene rings is 1. The molecular weight excluding hydrogens is 306 g/mol. The van der Waals surface area contributed by atoms with Crippen LogP contribution in [-0.2, 0) is 4.79 Å². The number of carboxylic acids is 1. The number of hydrogen-bond acceptors (Lipinski definition) is 3. The highest BCUT2D eigenvalue weighted by molar-refractivity contribution is 5.90. The Morgan fingerprint density at radius 3 is 2.46 bits per heavy atom. The summed E-state index contributed by atoms with van der Waals surface area (Å²) >= 11 is 0. The number of aliphatic carboxylic acids is 1. The van der Waals surface area contributed by atoms with Crippen molar-refractivity contribution >= 4 is 23.4 Å². The van der Waals surface area contributed by atoms with Crippen molar-refractivity contribution in [2.75, 3.05) is 17.3 Å². The van der Waals surface area contributed by atoms with Crippen LogP contribution in [0, 0.1) is 5.92 Å². The van der Waals surface area contributed by atoms with E-state index >= 15 is 0 Å². The number of amides is 2. The summed E-state index contributed by atoms with van der Waals surface area (Å²) in [4.78, 5) is 25.2. The maximum absolute atomic E-state index is 12.2. The Morgan fingerprint density at radius 1 is 1.21 bits per heavy atom. The second-order valence-corrected chi connectivity index (χ2v) is 6.74. The highest BCUT2D eigenvalue weighted by Gasteiger charge is 2.26. The maximum Gasteiger partial charge on any atom is 0.319 e. The van der Waals surface area contributed by atoms with Crippen LogP contribution in [0.5, 0.6) is 0 Å². The lowest BCUT2D eigenvalue weighted by molar-refractivity contribution is -0.142. The number of carboxylic acid groups (broad SMARTS) is 1. The van der Waals surface area contributed by atoms with Gasteiger partial charge >= 0.3 is 12.0 Å². The fourth-order valence-corrected chi connectivity index (χ4v) is 2.94. The summed E-state index contributed by atoms with van der Waals surface area (Å²) in [6.45, 7) is 4.22. The number of hydrogen-bond donors (Lipinski definition) is 3. The summed E-state index contributed by atoms with van der Waals surface area (Å²) in [6.07, 6.45) is 2.66. The van der Waals surface area contributed by atoms with Gasteiger partial charge in [0.25, 0.3) is 0 Å². The van der Waals surface area contributed by atoms with Crippen molar-refractivity contribution < 1.29 is 14.7 Å². The molecule has 1 aliphatic rings. The van der Waals surface area contributed by atoms with Gasteiger partial charge in [-0.25, -0.2) is 4.79 Å². The Morgan fingerprint density at radius 2 is 1.88 bits per heavy atom. The van der Waals surface area contributed by atoms with Gasteiger partial charge in [0, 0.05) is 30.5 Å². The first-order valence-corrected chi connectivity index (χ1v) is 8.50. The molecule has 0 atom stereocenters. The van der Waals surface area contributed by atoms with Gasteiger partial charge in [0.15, 0.2) is 0 Å². The summed E-state index contributed by atoms with van der Waals surface area (Å²) < 4.78 is 0. The van der Waals surface area contributed by atoms with Gasteiger partial charge in [-0.05, 0) is 57.7 Å². The zero-order valence-corrected chi connectivity index (χ0v) is 14.6.